The highest BCUT2D eigenvalue weighted by molar-refractivity contribution is 7.98. The number of carboxylic acid groups (broad SMARTS) is 1. The smallest absolute Gasteiger partial charge is 0.317 e. The minimum absolute atomic E-state index is 0.00681. The number of nitrogens with two attached hydrogens (primary N) is 1. The van der Waals surface area contributed by atoms with Gasteiger partial charge in [0, 0.05) is 12.3 Å². The van der Waals surface area contributed by atoms with Crippen LogP contribution in [0.2, 0.25) is 0 Å². The van der Waals surface area contributed by atoms with Crippen LogP contribution in [0.15, 0.2) is 0 Å². The number of primary amides is 1. The van der Waals surface area contributed by atoms with Gasteiger partial charge < -0.3 is 10.8 Å². The van der Waals surface area contributed by atoms with E-state index >= 15 is 0 Å². The summed E-state index contributed by atoms with van der Waals surface area (Å²) < 4.78 is 0. The third-order valence-corrected chi connectivity index (χ3v) is 1.94. The van der Waals surface area contributed by atoms with Gasteiger partial charge in [-0.15, -0.1) is 0 Å². The molecule has 0 aliphatic rings. The van der Waals surface area contributed by atoms with Crippen molar-refractivity contribution in [3.05, 3.63) is 0 Å². The van der Waals surface area contributed by atoms with Gasteiger partial charge in [0.05, 0.1) is 13.1 Å². The zero-order valence-electron chi connectivity index (χ0n) is 7.52. The molecule has 0 aliphatic heterocycles. The average molecular weight is 206 g/mol. The summed E-state index contributed by atoms with van der Waals surface area (Å²) in [6.45, 7) is 0.437. The molecule has 76 valence electrons. The first-order valence-electron chi connectivity index (χ1n) is 3.77. The number of hydrogen-bond donors (Lipinski definition) is 2. The van der Waals surface area contributed by atoms with E-state index in [2.05, 4.69) is 0 Å². The van der Waals surface area contributed by atoms with Crippen LogP contribution in [0.25, 0.3) is 0 Å². The largest absolute Gasteiger partial charge is 0.480 e. The van der Waals surface area contributed by atoms with Crippen molar-refractivity contribution in [3.8, 4) is 0 Å². The third kappa shape index (κ3) is 7.61. The van der Waals surface area contributed by atoms with Gasteiger partial charge in [-0.1, -0.05) is 0 Å². The van der Waals surface area contributed by atoms with Crippen molar-refractivity contribution in [2.75, 3.05) is 31.6 Å². The van der Waals surface area contributed by atoms with Gasteiger partial charge in [-0.3, -0.25) is 14.5 Å². The van der Waals surface area contributed by atoms with E-state index in [9.17, 15) is 9.59 Å². The van der Waals surface area contributed by atoms with Crippen LogP contribution in [0, 0.1) is 0 Å². The maximum atomic E-state index is 10.5. The van der Waals surface area contributed by atoms with Crippen molar-refractivity contribution < 1.29 is 14.7 Å². The van der Waals surface area contributed by atoms with E-state index in [1.54, 1.807) is 11.8 Å². The van der Waals surface area contributed by atoms with Gasteiger partial charge in [-0.05, 0) is 6.26 Å². The number of thioether (sulfide) groups is 1. The van der Waals surface area contributed by atoms with Gasteiger partial charge in [-0.25, -0.2) is 0 Å². The van der Waals surface area contributed by atoms with Crippen molar-refractivity contribution in [1.82, 2.24) is 4.90 Å². The van der Waals surface area contributed by atoms with Gasteiger partial charge in [-0.2, -0.15) is 11.8 Å². The minimum atomic E-state index is -0.942. The molecule has 5 nitrogen and oxygen atoms in total. The quantitative estimate of drug-likeness (QED) is 0.571. The molecule has 0 unspecified atom stereocenters. The van der Waals surface area contributed by atoms with Crippen LogP contribution in [0.5, 0.6) is 0 Å². The summed E-state index contributed by atoms with van der Waals surface area (Å²) in [6, 6.07) is 0. The number of hydrogen-bond acceptors (Lipinski definition) is 4. The zero-order valence-corrected chi connectivity index (χ0v) is 8.34. The summed E-state index contributed by atoms with van der Waals surface area (Å²) >= 11 is 1.60. The second kappa shape index (κ2) is 6.73. The van der Waals surface area contributed by atoms with E-state index in [4.69, 9.17) is 10.8 Å². The lowest BCUT2D eigenvalue weighted by atomic mass is 10.4. The Balaban J connectivity index is 3.87. The molecule has 0 rings (SSSR count). The molecule has 6 heteroatoms. The highest BCUT2D eigenvalue weighted by Gasteiger charge is 2.10. The summed E-state index contributed by atoms with van der Waals surface area (Å²) in [5.41, 5.74) is 4.96. The summed E-state index contributed by atoms with van der Waals surface area (Å²) in [6.07, 6.45) is 1.92. The van der Waals surface area contributed by atoms with Crippen molar-refractivity contribution in [2.45, 2.75) is 0 Å². The molecular formula is C7H14N2O3S. The van der Waals surface area contributed by atoms with Crippen LogP contribution in [0.1, 0.15) is 0 Å². The predicted molar refractivity (Wildman–Crippen MR) is 51.7 cm³/mol. The molecule has 3 N–H and O–H groups in total. The fourth-order valence-corrected chi connectivity index (χ4v) is 1.29. The van der Waals surface area contributed by atoms with E-state index in [1.165, 1.54) is 4.90 Å². The van der Waals surface area contributed by atoms with E-state index in [1.807, 2.05) is 6.26 Å². The van der Waals surface area contributed by atoms with Crippen LogP contribution >= 0.6 is 11.8 Å². The lowest BCUT2D eigenvalue weighted by Gasteiger charge is -2.17. The molecule has 0 aromatic heterocycles. The normalized spacial score (nSPS) is 10.3. The fraction of sp³-hybridized carbons (Fsp3) is 0.714. The van der Waals surface area contributed by atoms with Crippen molar-refractivity contribution in [3.63, 3.8) is 0 Å². The summed E-state index contributed by atoms with van der Waals surface area (Å²) in [4.78, 5) is 22.4. The van der Waals surface area contributed by atoms with Crippen LogP contribution < -0.4 is 5.73 Å². The zero-order chi connectivity index (χ0) is 10.3. The standard InChI is InChI=1S/C7H14N2O3S/c1-13-3-2-9(4-6(8)10)5-7(11)12/h2-5H2,1H3,(H2,8,10)(H,11,12). The number of aliphatic carboxylic acids is 1. The molecule has 0 saturated heterocycles. The third-order valence-electron chi connectivity index (χ3n) is 1.35. The van der Waals surface area contributed by atoms with Gasteiger partial charge in [0.25, 0.3) is 0 Å². The van der Waals surface area contributed by atoms with Gasteiger partial charge in [0.1, 0.15) is 0 Å². The van der Waals surface area contributed by atoms with Crippen molar-refractivity contribution in [2.24, 2.45) is 5.73 Å². The first kappa shape index (κ1) is 12.2. The Kier molecular flexibility index (Phi) is 6.34. The lowest BCUT2D eigenvalue weighted by molar-refractivity contribution is -0.138. The molecule has 0 aromatic carbocycles. The van der Waals surface area contributed by atoms with Crippen LogP contribution in [-0.4, -0.2) is 53.5 Å². The molecule has 1 amide bonds. The molecule has 0 fully saturated rings. The topological polar surface area (TPSA) is 83.6 Å². The molecule has 0 bridgehead atoms. The van der Waals surface area contributed by atoms with Gasteiger partial charge in [0.2, 0.25) is 5.91 Å². The second-order valence-electron chi connectivity index (χ2n) is 2.56. The predicted octanol–water partition coefficient (Wildman–Crippen LogP) is -0.779. The van der Waals surface area contributed by atoms with Crippen molar-refractivity contribution in [1.29, 1.82) is 0 Å². The highest BCUT2D eigenvalue weighted by atomic mass is 32.2. The Labute approximate surface area is 81.3 Å². The van der Waals surface area contributed by atoms with Crippen LogP contribution in [0.3, 0.4) is 0 Å². The van der Waals surface area contributed by atoms with Crippen LogP contribution in [-0.2, 0) is 9.59 Å². The summed E-state index contributed by atoms with van der Waals surface area (Å²) in [7, 11) is 0. The fourth-order valence-electron chi connectivity index (χ4n) is 0.846. The second-order valence-corrected chi connectivity index (χ2v) is 3.55. The molecule has 0 radical (unpaired) electrons. The maximum Gasteiger partial charge on any atom is 0.317 e. The van der Waals surface area contributed by atoms with Gasteiger partial charge in [0.15, 0.2) is 0 Å². The van der Waals surface area contributed by atoms with E-state index in [0.717, 1.165) is 5.75 Å². The average Bonchev–Trinajstić information content (AvgIpc) is 1.98. The maximum absolute atomic E-state index is 10.5. The molecule has 0 heterocycles. The highest BCUT2D eigenvalue weighted by Crippen LogP contribution is 1.95. The van der Waals surface area contributed by atoms with Crippen molar-refractivity contribution >= 4 is 23.6 Å². The number of nitrogens with zero attached hydrogens (tertiary/aromatic N) is 1. The SMILES string of the molecule is CSCCN(CC(N)=O)CC(=O)O. The number of carbonyl (C=O) groups is 2. The van der Waals surface area contributed by atoms with Crippen LogP contribution in [0.4, 0.5) is 0 Å². The Morgan fingerprint density at radius 1 is 1.46 bits per heavy atom. The number of rotatable bonds is 7. The molecular weight excluding hydrogens is 192 g/mol. The molecule has 0 atom stereocenters. The number of carboxylic acids is 1. The Hall–Kier alpha value is -0.750. The van der Waals surface area contributed by atoms with E-state index < -0.39 is 11.9 Å². The summed E-state index contributed by atoms with van der Waals surface area (Å²) in [5.74, 6) is -0.648. The van der Waals surface area contributed by atoms with E-state index in [-0.39, 0.29) is 13.1 Å². The first-order valence-corrected chi connectivity index (χ1v) is 5.17. The molecule has 0 spiro atoms. The minimum Gasteiger partial charge on any atom is -0.480 e. The summed E-state index contributed by atoms with van der Waals surface area (Å²) in [5, 5.41) is 8.50. The van der Waals surface area contributed by atoms with E-state index in [0.29, 0.717) is 6.54 Å². The monoisotopic (exact) mass is 206 g/mol. The molecule has 0 aliphatic carbocycles. The Morgan fingerprint density at radius 3 is 2.46 bits per heavy atom. The number of amides is 1. The Morgan fingerprint density at radius 2 is 2.08 bits per heavy atom. The Bertz CT molecular complexity index is 171. The van der Waals surface area contributed by atoms with Gasteiger partial charge >= 0.3 is 5.97 Å². The lowest BCUT2D eigenvalue weighted by Crippen LogP contribution is -2.38. The molecule has 0 saturated carbocycles. The molecule has 13 heavy (non-hydrogen) atoms. The number of carbonyl (C=O) groups excluding carboxylic acids is 1. The first-order chi connectivity index (χ1) is 6.06. The molecule has 0 aromatic rings.